The number of hydrazine groups is 2. The Morgan fingerprint density at radius 1 is 0.284 bits per heavy atom. The van der Waals surface area contributed by atoms with Crippen molar-refractivity contribution in [2.45, 2.75) is 271 Å². The maximum atomic E-state index is 13.0. The molecule has 10 nitrogen and oxygen atoms in total. The molecule has 0 aliphatic heterocycles. The minimum absolute atomic E-state index is 0.149. The zero-order valence-electron chi connectivity index (χ0n) is 47.0. The molecule has 0 bridgehead atoms. The second kappa shape index (κ2) is 42.4. The first-order valence-electron chi connectivity index (χ1n) is 30.1. The maximum Gasteiger partial charge on any atom is 0.269 e. The fourth-order valence-corrected chi connectivity index (χ4v) is 9.59. The maximum absolute atomic E-state index is 13.0. The molecular weight excluding hydrogens is 921 g/mol. The molecule has 0 saturated heterocycles. The van der Waals surface area contributed by atoms with Crippen LogP contribution in [0.2, 0.25) is 0 Å². The first kappa shape index (κ1) is 63.4. The van der Waals surface area contributed by atoms with E-state index in [2.05, 4.69) is 49.4 Å². The Bertz CT molecular complexity index is 1710. The second-order valence-electron chi connectivity index (χ2n) is 21.0. The van der Waals surface area contributed by atoms with E-state index in [1.54, 1.807) is 24.3 Å². The van der Waals surface area contributed by atoms with E-state index in [9.17, 15) is 19.2 Å². The third-order valence-electron chi connectivity index (χ3n) is 14.3. The second-order valence-corrected chi connectivity index (χ2v) is 21.0. The normalized spacial score (nSPS) is 11.2. The van der Waals surface area contributed by atoms with Gasteiger partial charge >= 0.3 is 0 Å². The van der Waals surface area contributed by atoms with Gasteiger partial charge in [0.1, 0.15) is 11.5 Å². The van der Waals surface area contributed by atoms with Crippen LogP contribution in [0.5, 0.6) is 11.5 Å². The zero-order valence-corrected chi connectivity index (χ0v) is 47.0. The average molecular weight is 1020 g/mol. The topological polar surface area (TPSA) is 135 Å². The Hall–Kier alpha value is -4.86. The molecule has 414 valence electrons. The molecule has 10 heteroatoms. The molecule has 4 amide bonds. The summed E-state index contributed by atoms with van der Waals surface area (Å²) < 4.78 is 13.0. The van der Waals surface area contributed by atoms with Crippen LogP contribution in [0, 0.1) is 0 Å². The number of amides is 4. The van der Waals surface area contributed by atoms with Gasteiger partial charge in [0.2, 0.25) is 0 Å². The lowest BCUT2D eigenvalue weighted by Gasteiger charge is -2.20. The smallest absolute Gasteiger partial charge is 0.269 e. The van der Waals surface area contributed by atoms with Gasteiger partial charge in [-0.3, -0.25) is 40.9 Å². The Balaban J connectivity index is 1.43. The first-order valence-corrected chi connectivity index (χ1v) is 30.1. The van der Waals surface area contributed by atoms with Gasteiger partial charge in [-0.15, -0.1) is 0 Å². The fourth-order valence-electron chi connectivity index (χ4n) is 9.59. The largest absolute Gasteiger partial charge is 0.490 e. The lowest BCUT2D eigenvalue weighted by Crippen LogP contribution is -2.42. The van der Waals surface area contributed by atoms with Crippen molar-refractivity contribution < 1.29 is 28.7 Å². The molecule has 0 aliphatic carbocycles. The van der Waals surface area contributed by atoms with Crippen LogP contribution < -0.4 is 31.2 Å². The molecule has 0 heterocycles. The van der Waals surface area contributed by atoms with Crippen LogP contribution in [0.25, 0.3) is 0 Å². The summed E-state index contributed by atoms with van der Waals surface area (Å²) >= 11 is 0. The minimum atomic E-state index is -0.539. The van der Waals surface area contributed by atoms with Crippen molar-refractivity contribution in [3.63, 3.8) is 0 Å². The summed E-state index contributed by atoms with van der Waals surface area (Å²) in [6.45, 7) is 9.03. The van der Waals surface area contributed by atoms with Gasteiger partial charge in [0.15, 0.2) is 0 Å². The van der Waals surface area contributed by atoms with Crippen LogP contribution in [-0.4, -0.2) is 35.8 Å². The van der Waals surface area contributed by atoms with Crippen molar-refractivity contribution in [1.29, 1.82) is 0 Å². The molecule has 0 radical (unpaired) electrons. The van der Waals surface area contributed by atoms with Gasteiger partial charge in [0.25, 0.3) is 23.6 Å². The molecule has 0 spiro atoms. The predicted molar refractivity (Wildman–Crippen MR) is 307 cm³/mol. The molecule has 0 atom stereocenters. The number of hydrogen-bond donors (Lipinski definition) is 4. The molecule has 3 rings (SSSR count). The van der Waals surface area contributed by atoms with Gasteiger partial charge < -0.3 is 9.47 Å². The highest BCUT2D eigenvalue weighted by Crippen LogP contribution is 2.24. The third kappa shape index (κ3) is 29.9. The highest BCUT2D eigenvalue weighted by atomic mass is 16.5. The Labute approximate surface area is 449 Å². The number of carbonyl (C=O) groups is 4. The van der Waals surface area contributed by atoms with Gasteiger partial charge in [-0.25, -0.2) is 0 Å². The van der Waals surface area contributed by atoms with Crippen LogP contribution >= 0.6 is 0 Å². The number of hydrogen-bond acceptors (Lipinski definition) is 6. The standard InChI is InChI=1S/C64H102N4O6/c1-5-9-13-17-21-25-29-33-37-57(38-34-30-26-22-18-14-10-6-2)73-59-49-45-55(46-50-59)63(71)67-65-61(69)53-41-43-54(44-42-53)62(70)66-68-64(72)56-47-51-60(52-48-56)74-58(39-35-31-27-23-19-15-11-7-3)40-36-32-28-24-20-16-12-8-4/h41-52,57-58H,5-40H2,1-4H3,(H,65,69)(H,66,70)(H,67,71)(H,68,72). The molecule has 3 aromatic carbocycles. The van der Waals surface area contributed by atoms with Crippen molar-refractivity contribution in [2.75, 3.05) is 0 Å². The van der Waals surface area contributed by atoms with Crippen LogP contribution in [0.3, 0.4) is 0 Å². The van der Waals surface area contributed by atoms with E-state index < -0.39 is 23.6 Å². The number of benzene rings is 3. The molecule has 0 saturated carbocycles. The van der Waals surface area contributed by atoms with Crippen molar-refractivity contribution in [3.05, 3.63) is 95.1 Å². The van der Waals surface area contributed by atoms with Crippen LogP contribution in [0.1, 0.15) is 300 Å². The molecule has 0 aliphatic rings. The van der Waals surface area contributed by atoms with Gasteiger partial charge in [0, 0.05) is 22.3 Å². The SMILES string of the molecule is CCCCCCCCCCC(CCCCCCCCCC)Oc1ccc(C(=O)NNC(=O)c2ccc(C(=O)NNC(=O)c3ccc(OC(CCCCCCCCCC)CCCCCCCCCC)cc3)cc2)cc1. The van der Waals surface area contributed by atoms with E-state index >= 15 is 0 Å². The van der Waals surface area contributed by atoms with Crippen molar-refractivity contribution in [2.24, 2.45) is 0 Å². The molecule has 3 aromatic rings. The van der Waals surface area contributed by atoms with Crippen LogP contribution in [0.4, 0.5) is 0 Å². The van der Waals surface area contributed by atoms with Crippen molar-refractivity contribution in [1.82, 2.24) is 21.7 Å². The fraction of sp³-hybridized carbons (Fsp3) is 0.656. The van der Waals surface area contributed by atoms with E-state index in [1.165, 1.54) is 204 Å². The molecule has 0 unspecified atom stereocenters. The molecule has 0 fully saturated rings. The summed E-state index contributed by atoms with van der Waals surface area (Å²) in [5.41, 5.74) is 11.2. The van der Waals surface area contributed by atoms with Gasteiger partial charge in [0.05, 0.1) is 12.2 Å². The summed E-state index contributed by atoms with van der Waals surface area (Å²) in [4.78, 5) is 52.0. The van der Waals surface area contributed by atoms with Gasteiger partial charge in [-0.1, -0.05) is 207 Å². The molecule has 0 aromatic heterocycles. The number of carbonyl (C=O) groups excluding carboxylic acids is 4. The summed E-state index contributed by atoms with van der Waals surface area (Å²) in [7, 11) is 0. The molecule has 4 N–H and O–H groups in total. The predicted octanol–water partition coefficient (Wildman–Crippen LogP) is 17.5. The Morgan fingerprint density at radius 2 is 0.459 bits per heavy atom. The molecule has 74 heavy (non-hydrogen) atoms. The van der Waals surface area contributed by atoms with E-state index in [4.69, 9.17) is 9.47 Å². The highest BCUT2D eigenvalue weighted by Gasteiger charge is 2.16. The first-order chi connectivity index (χ1) is 36.3. The third-order valence-corrected chi connectivity index (χ3v) is 14.3. The summed E-state index contributed by atoms with van der Waals surface area (Å²) in [6.07, 6.45) is 45.5. The monoisotopic (exact) mass is 1020 g/mol. The Morgan fingerprint density at radius 3 is 0.662 bits per heavy atom. The lowest BCUT2D eigenvalue weighted by atomic mass is 10.0. The summed E-state index contributed by atoms with van der Waals surface area (Å²) in [5.74, 6) is -0.503. The van der Waals surface area contributed by atoms with Crippen LogP contribution in [-0.2, 0) is 0 Å². The van der Waals surface area contributed by atoms with Crippen LogP contribution in [0.15, 0.2) is 72.8 Å². The van der Waals surface area contributed by atoms with E-state index in [-0.39, 0.29) is 23.3 Å². The number of rotatable bonds is 44. The quantitative estimate of drug-likeness (QED) is 0.0329. The Kier molecular flexibility index (Phi) is 36.3. The zero-order chi connectivity index (χ0) is 53.1. The average Bonchev–Trinajstić information content (AvgIpc) is 3.42. The summed E-state index contributed by atoms with van der Waals surface area (Å²) in [6, 6.07) is 20.1. The lowest BCUT2D eigenvalue weighted by molar-refractivity contribution is 0.0844. The van der Waals surface area contributed by atoms with Crippen molar-refractivity contribution >= 4 is 23.6 Å². The van der Waals surface area contributed by atoms with E-state index in [0.29, 0.717) is 11.1 Å². The number of unbranched alkanes of at least 4 members (excludes halogenated alkanes) is 28. The summed E-state index contributed by atoms with van der Waals surface area (Å²) in [5, 5.41) is 0. The van der Waals surface area contributed by atoms with E-state index in [1.807, 2.05) is 24.3 Å². The number of nitrogens with one attached hydrogen (secondary N) is 4. The molecular formula is C64H102N4O6. The number of ether oxygens (including phenoxy) is 2. The minimum Gasteiger partial charge on any atom is -0.490 e. The highest BCUT2D eigenvalue weighted by molar-refractivity contribution is 6.01. The van der Waals surface area contributed by atoms with E-state index in [0.717, 1.165) is 62.9 Å². The van der Waals surface area contributed by atoms with Gasteiger partial charge in [-0.05, 0) is 124 Å². The van der Waals surface area contributed by atoms with Crippen molar-refractivity contribution in [3.8, 4) is 11.5 Å². The van der Waals surface area contributed by atoms with Gasteiger partial charge in [-0.2, -0.15) is 0 Å².